The van der Waals surface area contributed by atoms with E-state index in [2.05, 4.69) is 20.5 Å². The summed E-state index contributed by atoms with van der Waals surface area (Å²) in [4.78, 5) is 29.7. The third-order valence-electron chi connectivity index (χ3n) is 4.48. The van der Waals surface area contributed by atoms with Crippen molar-refractivity contribution in [1.29, 1.82) is 0 Å². The number of rotatable bonds is 6. The Kier molecular flexibility index (Phi) is 5.58. The van der Waals surface area contributed by atoms with E-state index in [0.29, 0.717) is 27.7 Å². The second kappa shape index (κ2) is 8.46. The van der Waals surface area contributed by atoms with Crippen LogP contribution in [0.1, 0.15) is 27.3 Å². The van der Waals surface area contributed by atoms with Gasteiger partial charge in [0.1, 0.15) is 0 Å². The zero-order chi connectivity index (χ0) is 21.1. The number of aromatic nitrogens is 4. The minimum Gasteiger partial charge on any atom is -0.325 e. The van der Waals surface area contributed by atoms with Gasteiger partial charge in [-0.3, -0.25) is 14.0 Å². The quantitative estimate of drug-likeness (QED) is 0.380. The summed E-state index contributed by atoms with van der Waals surface area (Å²) in [6, 6.07) is 17.9. The number of anilines is 1. The first kappa shape index (κ1) is 19.8. The standard InChI is InChI=1S/C22H19N5O2S/c1-14-12-15(2)27-21(23-14)25-26-22(27)30-13-19(28)24-18-11-7-6-10-17(18)20(29)16-8-4-3-5-9-16/h3-12H,13H2,1-2H3,(H,24,28). The average Bonchev–Trinajstić information content (AvgIpc) is 3.16. The lowest BCUT2D eigenvalue weighted by molar-refractivity contribution is -0.113. The van der Waals surface area contributed by atoms with Crippen molar-refractivity contribution in [2.24, 2.45) is 0 Å². The van der Waals surface area contributed by atoms with Gasteiger partial charge >= 0.3 is 0 Å². The number of fused-ring (bicyclic) bond motifs is 1. The molecule has 1 amide bonds. The van der Waals surface area contributed by atoms with Crippen LogP contribution in [0.4, 0.5) is 5.69 Å². The van der Waals surface area contributed by atoms with E-state index in [9.17, 15) is 9.59 Å². The van der Waals surface area contributed by atoms with E-state index in [1.165, 1.54) is 11.8 Å². The number of benzene rings is 2. The van der Waals surface area contributed by atoms with Gasteiger partial charge in [-0.1, -0.05) is 54.2 Å². The molecule has 30 heavy (non-hydrogen) atoms. The summed E-state index contributed by atoms with van der Waals surface area (Å²) >= 11 is 1.27. The molecule has 4 aromatic rings. The first-order valence-electron chi connectivity index (χ1n) is 9.34. The number of nitrogens with zero attached hydrogens (tertiary/aromatic N) is 4. The van der Waals surface area contributed by atoms with E-state index in [4.69, 9.17) is 0 Å². The maximum absolute atomic E-state index is 12.8. The number of hydrogen-bond donors (Lipinski definition) is 1. The Morgan fingerprint density at radius 3 is 2.53 bits per heavy atom. The number of amides is 1. The van der Waals surface area contributed by atoms with E-state index in [0.717, 1.165) is 11.4 Å². The van der Waals surface area contributed by atoms with Gasteiger partial charge in [0.05, 0.1) is 11.4 Å². The fraction of sp³-hybridized carbons (Fsp3) is 0.136. The van der Waals surface area contributed by atoms with E-state index in [1.54, 1.807) is 36.4 Å². The van der Waals surface area contributed by atoms with Crippen molar-refractivity contribution in [3.05, 3.63) is 83.2 Å². The highest BCUT2D eigenvalue weighted by atomic mass is 32.2. The topological polar surface area (TPSA) is 89.2 Å². The van der Waals surface area contributed by atoms with Gasteiger partial charge in [0.2, 0.25) is 5.91 Å². The smallest absolute Gasteiger partial charge is 0.256 e. The van der Waals surface area contributed by atoms with Gasteiger partial charge < -0.3 is 5.32 Å². The molecule has 0 saturated heterocycles. The molecule has 0 aliphatic carbocycles. The monoisotopic (exact) mass is 417 g/mol. The van der Waals surface area contributed by atoms with Crippen LogP contribution in [0.5, 0.6) is 0 Å². The van der Waals surface area contributed by atoms with Crippen LogP contribution >= 0.6 is 11.8 Å². The molecule has 0 saturated carbocycles. The van der Waals surface area contributed by atoms with Crippen LogP contribution in [0.25, 0.3) is 5.78 Å². The largest absolute Gasteiger partial charge is 0.325 e. The minimum atomic E-state index is -0.234. The van der Waals surface area contributed by atoms with E-state index >= 15 is 0 Å². The van der Waals surface area contributed by atoms with Gasteiger partial charge in [-0.2, -0.15) is 0 Å². The van der Waals surface area contributed by atoms with Gasteiger partial charge in [0.15, 0.2) is 10.9 Å². The molecule has 150 valence electrons. The Bertz CT molecular complexity index is 1240. The summed E-state index contributed by atoms with van der Waals surface area (Å²) in [7, 11) is 0. The lowest BCUT2D eigenvalue weighted by Crippen LogP contribution is -2.17. The number of para-hydroxylation sites is 1. The van der Waals surface area contributed by atoms with E-state index in [1.807, 2.05) is 42.5 Å². The highest BCUT2D eigenvalue weighted by Crippen LogP contribution is 2.22. The van der Waals surface area contributed by atoms with Crippen molar-refractivity contribution in [3.8, 4) is 0 Å². The normalized spacial score (nSPS) is 10.9. The molecule has 2 heterocycles. The van der Waals surface area contributed by atoms with Crippen LogP contribution in [-0.4, -0.2) is 37.0 Å². The highest BCUT2D eigenvalue weighted by molar-refractivity contribution is 7.99. The predicted octanol–water partition coefficient (Wildman–Crippen LogP) is 3.70. The Morgan fingerprint density at radius 2 is 1.73 bits per heavy atom. The van der Waals surface area contributed by atoms with Crippen LogP contribution in [0.2, 0.25) is 0 Å². The maximum atomic E-state index is 12.8. The zero-order valence-electron chi connectivity index (χ0n) is 16.5. The predicted molar refractivity (Wildman–Crippen MR) is 116 cm³/mol. The first-order chi connectivity index (χ1) is 14.5. The molecule has 2 aromatic heterocycles. The van der Waals surface area contributed by atoms with Gasteiger partial charge in [-0.25, -0.2) is 4.98 Å². The van der Waals surface area contributed by atoms with Crippen molar-refractivity contribution in [2.75, 3.05) is 11.1 Å². The molecule has 0 atom stereocenters. The molecule has 0 unspecified atom stereocenters. The van der Waals surface area contributed by atoms with Crippen LogP contribution in [0.15, 0.2) is 65.8 Å². The van der Waals surface area contributed by atoms with Crippen LogP contribution in [-0.2, 0) is 4.79 Å². The number of hydrogen-bond acceptors (Lipinski definition) is 6. The van der Waals surface area contributed by atoms with Crippen molar-refractivity contribution >= 4 is 34.9 Å². The summed E-state index contributed by atoms with van der Waals surface area (Å²) < 4.78 is 1.82. The molecule has 0 aliphatic heterocycles. The molecule has 0 aliphatic rings. The Hall–Kier alpha value is -3.52. The Morgan fingerprint density at radius 1 is 1.00 bits per heavy atom. The van der Waals surface area contributed by atoms with Gasteiger partial charge in [-0.15, -0.1) is 10.2 Å². The second-order valence-electron chi connectivity index (χ2n) is 6.73. The third-order valence-corrected chi connectivity index (χ3v) is 5.41. The highest BCUT2D eigenvalue weighted by Gasteiger charge is 2.16. The number of nitrogens with one attached hydrogen (secondary N) is 1. The van der Waals surface area contributed by atoms with Crippen LogP contribution in [0.3, 0.4) is 0 Å². The number of ketones is 1. The number of aryl methyl sites for hydroxylation is 2. The van der Waals surface area contributed by atoms with Crippen molar-refractivity contribution < 1.29 is 9.59 Å². The lowest BCUT2D eigenvalue weighted by atomic mass is 10.0. The van der Waals surface area contributed by atoms with E-state index in [-0.39, 0.29) is 17.4 Å². The summed E-state index contributed by atoms with van der Waals surface area (Å²) in [6.07, 6.45) is 0. The first-order valence-corrected chi connectivity index (χ1v) is 10.3. The molecule has 0 fully saturated rings. The van der Waals surface area contributed by atoms with Crippen molar-refractivity contribution in [2.45, 2.75) is 19.0 Å². The Balaban J connectivity index is 1.49. The summed E-state index contributed by atoms with van der Waals surface area (Å²) in [5.74, 6) is 0.263. The van der Waals surface area contributed by atoms with Gasteiger partial charge in [-0.05, 0) is 32.0 Å². The number of carbonyl (C=O) groups is 2. The fourth-order valence-corrected chi connectivity index (χ4v) is 3.93. The molecular weight excluding hydrogens is 398 g/mol. The van der Waals surface area contributed by atoms with E-state index < -0.39 is 0 Å². The van der Waals surface area contributed by atoms with Gasteiger partial charge in [0.25, 0.3) is 5.78 Å². The molecule has 2 aromatic carbocycles. The molecule has 4 rings (SSSR count). The Labute approximate surface area is 177 Å². The van der Waals surface area contributed by atoms with Crippen LogP contribution in [0, 0.1) is 13.8 Å². The summed E-state index contributed by atoms with van der Waals surface area (Å²) in [6.45, 7) is 3.84. The molecule has 7 nitrogen and oxygen atoms in total. The minimum absolute atomic E-state index is 0.127. The molecule has 0 radical (unpaired) electrons. The molecule has 8 heteroatoms. The van der Waals surface area contributed by atoms with Crippen molar-refractivity contribution in [3.63, 3.8) is 0 Å². The molecule has 0 spiro atoms. The molecular formula is C22H19N5O2S. The molecule has 1 N–H and O–H groups in total. The number of carbonyl (C=O) groups excluding carboxylic acids is 2. The SMILES string of the molecule is Cc1cc(C)n2c(SCC(=O)Nc3ccccc3C(=O)c3ccccc3)nnc2n1. The lowest BCUT2D eigenvalue weighted by Gasteiger charge is -2.10. The number of thioether (sulfide) groups is 1. The van der Waals surface area contributed by atoms with Gasteiger partial charge in [0, 0.05) is 22.5 Å². The summed E-state index contributed by atoms with van der Waals surface area (Å²) in [5, 5.41) is 11.7. The third kappa shape index (κ3) is 4.08. The zero-order valence-corrected chi connectivity index (χ0v) is 17.3. The second-order valence-corrected chi connectivity index (χ2v) is 7.68. The van der Waals surface area contributed by atoms with Crippen molar-refractivity contribution in [1.82, 2.24) is 19.6 Å². The maximum Gasteiger partial charge on any atom is 0.256 e. The molecule has 0 bridgehead atoms. The average molecular weight is 417 g/mol. The fourth-order valence-electron chi connectivity index (χ4n) is 3.15. The summed E-state index contributed by atoms with van der Waals surface area (Å²) in [5.41, 5.74) is 3.31. The van der Waals surface area contributed by atoms with Crippen LogP contribution < -0.4 is 5.32 Å².